The number of fused-ring (bicyclic) bond motifs is 1. The Hall–Kier alpha value is -3.67. The van der Waals surface area contributed by atoms with Gasteiger partial charge in [0.05, 0.1) is 24.2 Å². The van der Waals surface area contributed by atoms with Crippen molar-refractivity contribution < 1.29 is 14.3 Å². The molecule has 3 atom stereocenters. The first-order valence-electron chi connectivity index (χ1n) is 11.3. The van der Waals surface area contributed by atoms with E-state index < -0.39 is 11.9 Å². The SMILES string of the molecule is CCn1c(-c2cnc(C)nc2)nc2c(N[C@@H](CC(N)=O)C(=O)N3CC(C)OC(C)C3)ncnc21. The van der Waals surface area contributed by atoms with Crippen molar-refractivity contribution in [1.29, 1.82) is 0 Å². The van der Waals surface area contributed by atoms with Crippen molar-refractivity contribution in [3.63, 3.8) is 0 Å². The van der Waals surface area contributed by atoms with E-state index in [9.17, 15) is 9.59 Å². The third-order valence-corrected chi connectivity index (χ3v) is 5.63. The number of nitrogens with zero attached hydrogens (tertiary/aromatic N) is 7. The Kier molecular flexibility index (Phi) is 6.68. The molecule has 1 fully saturated rings. The van der Waals surface area contributed by atoms with Gasteiger partial charge in [-0.3, -0.25) is 9.59 Å². The van der Waals surface area contributed by atoms with E-state index >= 15 is 0 Å². The van der Waals surface area contributed by atoms with Gasteiger partial charge in [-0.2, -0.15) is 0 Å². The Balaban J connectivity index is 1.70. The zero-order valence-electron chi connectivity index (χ0n) is 19.7. The molecule has 4 rings (SSSR count). The van der Waals surface area contributed by atoms with Crippen LogP contribution in [0.15, 0.2) is 18.7 Å². The van der Waals surface area contributed by atoms with E-state index in [2.05, 4.69) is 25.3 Å². The van der Waals surface area contributed by atoms with Crippen LogP contribution < -0.4 is 11.1 Å². The third-order valence-electron chi connectivity index (χ3n) is 5.63. The fraction of sp³-hybridized carbons (Fsp3) is 0.500. The first-order valence-corrected chi connectivity index (χ1v) is 11.3. The fourth-order valence-corrected chi connectivity index (χ4v) is 4.21. The van der Waals surface area contributed by atoms with Gasteiger partial charge in [0.15, 0.2) is 17.0 Å². The summed E-state index contributed by atoms with van der Waals surface area (Å²) in [6.07, 6.45) is 4.42. The van der Waals surface area contributed by atoms with Crippen LogP contribution in [-0.4, -0.2) is 77.5 Å². The van der Waals surface area contributed by atoms with Crippen LogP contribution in [0.3, 0.4) is 0 Å². The molecular formula is C22H29N9O3. The van der Waals surface area contributed by atoms with Gasteiger partial charge in [0.2, 0.25) is 11.8 Å². The largest absolute Gasteiger partial charge is 0.372 e. The molecule has 0 spiro atoms. The Morgan fingerprint density at radius 3 is 2.47 bits per heavy atom. The van der Waals surface area contributed by atoms with Crippen LogP contribution in [0.25, 0.3) is 22.6 Å². The second-order valence-electron chi connectivity index (χ2n) is 8.46. The molecule has 0 aromatic carbocycles. The first-order chi connectivity index (χ1) is 16.3. The van der Waals surface area contributed by atoms with Crippen molar-refractivity contribution in [3.8, 4) is 11.4 Å². The highest BCUT2D eigenvalue weighted by Crippen LogP contribution is 2.27. The van der Waals surface area contributed by atoms with Gasteiger partial charge in [-0.05, 0) is 27.7 Å². The number of primary amides is 1. The molecule has 1 aliphatic rings. The molecule has 0 saturated carbocycles. The van der Waals surface area contributed by atoms with Crippen molar-refractivity contribution in [2.75, 3.05) is 18.4 Å². The number of hydrogen-bond donors (Lipinski definition) is 2. The van der Waals surface area contributed by atoms with Crippen molar-refractivity contribution in [1.82, 2.24) is 34.4 Å². The number of rotatable bonds is 7. The van der Waals surface area contributed by atoms with E-state index in [0.717, 1.165) is 5.56 Å². The number of ether oxygens (including phenoxy) is 1. The molecule has 12 heteroatoms. The number of nitrogens with one attached hydrogen (secondary N) is 1. The molecule has 3 N–H and O–H groups in total. The van der Waals surface area contributed by atoms with E-state index in [1.165, 1.54) is 6.33 Å². The monoisotopic (exact) mass is 467 g/mol. The summed E-state index contributed by atoms with van der Waals surface area (Å²) in [4.78, 5) is 48.9. The maximum absolute atomic E-state index is 13.4. The average Bonchev–Trinajstić information content (AvgIpc) is 3.17. The fourth-order valence-electron chi connectivity index (χ4n) is 4.21. The molecule has 3 aromatic heterocycles. The minimum absolute atomic E-state index is 0.104. The highest BCUT2D eigenvalue weighted by Gasteiger charge is 2.32. The van der Waals surface area contributed by atoms with E-state index in [-0.39, 0.29) is 24.5 Å². The number of aryl methyl sites for hydroxylation is 2. The zero-order valence-corrected chi connectivity index (χ0v) is 19.7. The van der Waals surface area contributed by atoms with Crippen LogP contribution in [0.5, 0.6) is 0 Å². The quantitative estimate of drug-likeness (QED) is 0.516. The highest BCUT2D eigenvalue weighted by molar-refractivity contribution is 5.93. The molecule has 34 heavy (non-hydrogen) atoms. The van der Waals surface area contributed by atoms with Crippen LogP contribution in [-0.2, 0) is 20.9 Å². The molecule has 12 nitrogen and oxygen atoms in total. The normalized spacial score (nSPS) is 19.2. The van der Waals surface area contributed by atoms with Gasteiger partial charge in [-0.1, -0.05) is 0 Å². The topological polar surface area (TPSA) is 154 Å². The maximum atomic E-state index is 13.4. The number of hydrogen-bond acceptors (Lipinski definition) is 9. The van der Waals surface area contributed by atoms with Gasteiger partial charge in [-0.25, -0.2) is 24.9 Å². The van der Waals surface area contributed by atoms with Crippen LogP contribution in [0.1, 0.15) is 33.0 Å². The van der Waals surface area contributed by atoms with E-state index in [4.69, 9.17) is 15.5 Å². The summed E-state index contributed by atoms with van der Waals surface area (Å²) in [6.45, 7) is 9.08. The summed E-state index contributed by atoms with van der Waals surface area (Å²) in [5.74, 6) is 0.802. The van der Waals surface area contributed by atoms with Gasteiger partial charge in [-0.15, -0.1) is 0 Å². The summed E-state index contributed by atoms with van der Waals surface area (Å²) in [7, 11) is 0. The van der Waals surface area contributed by atoms with Crippen LogP contribution >= 0.6 is 0 Å². The van der Waals surface area contributed by atoms with Crippen molar-refractivity contribution in [2.24, 2.45) is 5.73 Å². The summed E-state index contributed by atoms with van der Waals surface area (Å²) in [5.41, 5.74) is 7.28. The smallest absolute Gasteiger partial charge is 0.245 e. The van der Waals surface area contributed by atoms with Crippen LogP contribution in [0.2, 0.25) is 0 Å². The molecule has 2 amide bonds. The molecule has 1 saturated heterocycles. The standard InChI is InChI=1S/C22H29N9O3/c1-5-31-20(15-7-24-14(4)25-8-15)29-18-19(26-11-27-21(18)31)28-16(6-17(23)32)22(33)30-9-12(2)34-13(3)10-30/h7-8,11-13,16H,5-6,9-10H2,1-4H3,(H2,23,32)(H,26,27,28)/t12?,13?,16-/m0/s1. The lowest BCUT2D eigenvalue weighted by Crippen LogP contribution is -2.53. The number of anilines is 1. The number of amides is 2. The maximum Gasteiger partial charge on any atom is 0.245 e. The molecule has 2 unspecified atom stereocenters. The predicted octanol–water partition coefficient (Wildman–Crippen LogP) is 0.903. The summed E-state index contributed by atoms with van der Waals surface area (Å²) in [5, 5.41) is 3.11. The molecule has 1 aliphatic heterocycles. The minimum Gasteiger partial charge on any atom is -0.372 e. The molecule has 0 radical (unpaired) electrons. The molecule has 180 valence electrons. The van der Waals surface area contributed by atoms with Crippen LogP contribution in [0, 0.1) is 6.92 Å². The lowest BCUT2D eigenvalue weighted by Gasteiger charge is -2.37. The summed E-state index contributed by atoms with van der Waals surface area (Å²) < 4.78 is 7.65. The van der Waals surface area contributed by atoms with Crippen molar-refractivity contribution in [3.05, 3.63) is 24.5 Å². The van der Waals surface area contributed by atoms with Gasteiger partial charge < -0.3 is 25.3 Å². The summed E-state index contributed by atoms with van der Waals surface area (Å²) in [6, 6.07) is -0.897. The van der Waals surface area contributed by atoms with E-state index in [1.54, 1.807) is 17.3 Å². The van der Waals surface area contributed by atoms with Crippen molar-refractivity contribution in [2.45, 2.75) is 58.9 Å². The zero-order chi connectivity index (χ0) is 24.4. The number of nitrogens with two attached hydrogens (primary N) is 1. The average molecular weight is 468 g/mol. The Morgan fingerprint density at radius 1 is 1.18 bits per heavy atom. The van der Waals surface area contributed by atoms with Gasteiger partial charge in [0, 0.05) is 32.0 Å². The molecule has 4 heterocycles. The minimum atomic E-state index is -0.897. The second kappa shape index (κ2) is 9.67. The first kappa shape index (κ1) is 23.5. The van der Waals surface area contributed by atoms with Gasteiger partial charge >= 0.3 is 0 Å². The Bertz CT molecular complexity index is 1180. The predicted molar refractivity (Wildman–Crippen MR) is 125 cm³/mol. The number of carbonyl (C=O) groups is 2. The van der Waals surface area contributed by atoms with Crippen LogP contribution in [0.4, 0.5) is 5.82 Å². The lowest BCUT2D eigenvalue weighted by molar-refractivity contribution is -0.145. The number of aromatic nitrogens is 6. The molecule has 0 bridgehead atoms. The Morgan fingerprint density at radius 2 is 1.85 bits per heavy atom. The number of morpholine rings is 1. The summed E-state index contributed by atoms with van der Waals surface area (Å²) >= 11 is 0. The third kappa shape index (κ3) is 4.81. The molecule has 0 aliphatic carbocycles. The van der Waals surface area contributed by atoms with Gasteiger partial charge in [0.25, 0.3) is 0 Å². The Labute approximate surface area is 197 Å². The molecular weight excluding hydrogens is 438 g/mol. The second-order valence-corrected chi connectivity index (χ2v) is 8.46. The van der Waals surface area contributed by atoms with E-state index in [0.29, 0.717) is 48.3 Å². The van der Waals surface area contributed by atoms with Gasteiger partial charge in [0.1, 0.15) is 24.0 Å². The number of carbonyl (C=O) groups excluding carboxylic acids is 2. The van der Waals surface area contributed by atoms with E-state index in [1.807, 2.05) is 32.3 Å². The van der Waals surface area contributed by atoms with Crippen molar-refractivity contribution >= 4 is 28.8 Å². The molecule has 3 aromatic rings. The number of imidazole rings is 1. The highest BCUT2D eigenvalue weighted by atomic mass is 16.5. The lowest BCUT2D eigenvalue weighted by atomic mass is 10.1.